The highest BCUT2D eigenvalue weighted by atomic mass is 79.9. The highest BCUT2D eigenvalue weighted by molar-refractivity contribution is 9.10. The lowest BCUT2D eigenvalue weighted by Crippen LogP contribution is -2.12. The first kappa shape index (κ1) is 14.6. The van der Waals surface area contributed by atoms with Crippen molar-refractivity contribution in [3.8, 4) is 10.6 Å². The smallest absolute Gasteiger partial charge is 0.125 e. The molecule has 0 fully saturated rings. The molecule has 1 N–H and O–H groups in total. The molecule has 0 saturated heterocycles. The van der Waals surface area contributed by atoms with Gasteiger partial charge in [-0.2, -0.15) is 0 Å². The maximum atomic E-state index is 4.79. The molecule has 3 nitrogen and oxygen atoms in total. The van der Waals surface area contributed by atoms with E-state index in [9.17, 15) is 0 Å². The molecule has 0 amide bonds. The van der Waals surface area contributed by atoms with E-state index in [0.29, 0.717) is 5.92 Å². The topological polar surface area (TPSA) is 37.8 Å². The van der Waals surface area contributed by atoms with E-state index in [1.54, 1.807) is 17.5 Å². The zero-order valence-electron chi connectivity index (χ0n) is 11.4. The van der Waals surface area contributed by atoms with E-state index in [0.717, 1.165) is 28.1 Å². The molecular formula is C14H18BrN3S. The van der Waals surface area contributed by atoms with E-state index < -0.39 is 0 Å². The lowest BCUT2D eigenvalue weighted by atomic mass is 10.1. The van der Waals surface area contributed by atoms with Gasteiger partial charge in [-0.1, -0.05) is 20.8 Å². The zero-order valence-corrected chi connectivity index (χ0v) is 13.8. The van der Waals surface area contributed by atoms with Gasteiger partial charge in [-0.15, -0.1) is 11.3 Å². The van der Waals surface area contributed by atoms with E-state index in [1.165, 1.54) is 10.6 Å². The van der Waals surface area contributed by atoms with Crippen LogP contribution in [0.15, 0.2) is 22.9 Å². The molecule has 0 spiro atoms. The summed E-state index contributed by atoms with van der Waals surface area (Å²) in [4.78, 5) is 10.3. The Morgan fingerprint density at radius 3 is 2.79 bits per heavy atom. The number of pyridine rings is 1. The molecule has 0 bridgehead atoms. The minimum atomic E-state index is 0.443. The first-order valence-electron chi connectivity index (χ1n) is 6.43. The highest BCUT2D eigenvalue weighted by Gasteiger charge is 2.15. The Bertz CT molecular complexity index is 551. The van der Waals surface area contributed by atoms with E-state index in [4.69, 9.17) is 4.98 Å². The number of nitrogens with one attached hydrogen (secondary N) is 1. The predicted molar refractivity (Wildman–Crippen MR) is 84.5 cm³/mol. The van der Waals surface area contributed by atoms with Crippen molar-refractivity contribution in [3.63, 3.8) is 0 Å². The lowest BCUT2D eigenvalue weighted by Gasteiger charge is -2.04. The molecule has 0 aliphatic heterocycles. The molecule has 2 aromatic rings. The Labute approximate surface area is 126 Å². The highest BCUT2D eigenvalue weighted by Crippen LogP contribution is 2.32. The van der Waals surface area contributed by atoms with Gasteiger partial charge in [-0.05, 0) is 34.5 Å². The second kappa shape index (κ2) is 6.59. The molecule has 0 atom stereocenters. The summed E-state index contributed by atoms with van der Waals surface area (Å²) in [6.07, 6.45) is 3.66. The first-order valence-corrected chi connectivity index (χ1v) is 8.04. The van der Waals surface area contributed by atoms with E-state index in [2.05, 4.69) is 53.1 Å². The van der Waals surface area contributed by atoms with Gasteiger partial charge < -0.3 is 5.32 Å². The Balaban J connectivity index is 2.36. The molecule has 0 aliphatic rings. The van der Waals surface area contributed by atoms with Crippen LogP contribution in [0.5, 0.6) is 0 Å². The lowest BCUT2D eigenvalue weighted by molar-refractivity contribution is 0.714. The Hall–Kier alpha value is -0.780. The van der Waals surface area contributed by atoms with Crippen molar-refractivity contribution < 1.29 is 0 Å². The Morgan fingerprint density at radius 2 is 2.16 bits per heavy atom. The normalized spacial score (nSPS) is 11.2. The second-order valence-electron chi connectivity index (χ2n) is 4.65. The molecule has 2 rings (SSSR count). The molecular weight excluding hydrogens is 322 g/mol. The van der Waals surface area contributed by atoms with Gasteiger partial charge in [0.1, 0.15) is 5.01 Å². The molecule has 0 aromatic carbocycles. The fourth-order valence-electron chi connectivity index (χ4n) is 1.83. The number of halogens is 1. The monoisotopic (exact) mass is 339 g/mol. The van der Waals surface area contributed by atoms with Crippen LogP contribution in [0.1, 0.15) is 37.3 Å². The molecule has 19 heavy (non-hydrogen) atoms. The van der Waals surface area contributed by atoms with Crippen LogP contribution in [0.4, 0.5) is 0 Å². The number of aromatic nitrogens is 2. The number of hydrogen-bond donors (Lipinski definition) is 1. The van der Waals surface area contributed by atoms with Crippen molar-refractivity contribution in [1.82, 2.24) is 15.3 Å². The summed E-state index contributed by atoms with van der Waals surface area (Å²) in [5.41, 5.74) is 2.27. The molecule has 5 heteroatoms. The van der Waals surface area contributed by atoms with Crippen LogP contribution in [0.2, 0.25) is 0 Å². The van der Waals surface area contributed by atoms with E-state index in [-0.39, 0.29) is 0 Å². The Kier molecular flexibility index (Phi) is 5.07. The van der Waals surface area contributed by atoms with Gasteiger partial charge in [0.15, 0.2) is 0 Å². The van der Waals surface area contributed by atoms with Crippen molar-refractivity contribution in [2.24, 2.45) is 0 Å². The van der Waals surface area contributed by atoms with Crippen LogP contribution >= 0.6 is 27.3 Å². The zero-order chi connectivity index (χ0) is 13.8. The van der Waals surface area contributed by atoms with Crippen molar-refractivity contribution in [1.29, 1.82) is 0 Å². The van der Waals surface area contributed by atoms with Crippen molar-refractivity contribution in [2.75, 3.05) is 6.54 Å². The summed E-state index contributed by atoms with van der Waals surface area (Å²) < 4.78 is 0.986. The summed E-state index contributed by atoms with van der Waals surface area (Å²) in [5.74, 6) is 0.443. The van der Waals surface area contributed by atoms with Crippen molar-refractivity contribution >= 4 is 27.3 Å². The summed E-state index contributed by atoms with van der Waals surface area (Å²) in [6, 6.07) is 2.06. The SMILES string of the molecule is CCNCc1sc(-c2cncc(Br)c2)nc1C(C)C. The van der Waals surface area contributed by atoms with E-state index >= 15 is 0 Å². The third kappa shape index (κ3) is 3.61. The van der Waals surface area contributed by atoms with Crippen molar-refractivity contribution in [2.45, 2.75) is 33.2 Å². The van der Waals surface area contributed by atoms with Crippen LogP contribution < -0.4 is 5.32 Å². The largest absolute Gasteiger partial charge is 0.312 e. The third-order valence-electron chi connectivity index (χ3n) is 2.76. The predicted octanol–water partition coefficient (Wildman–Crippen LogP) is 4.20. The second-order valence-corrected chi connectivity index (χ2v) is 6.65. The molecule has 0 aliphatic carbocycles. The number of nitrogens with zero attached hydrogens (tertiary/aromatic N) is 2. The molecule has 0 unspecified atom stereocenters. The van der Waals surface area contributed by atoms with Gasteiger partial charge in [0.25, 0.3) is 0 Å². The van der Waals surface area contributed by atoms with E-state index in [1.807, 2.05) is 6.20 Å². The molecule has 0 radical (unpaired) electrons. The summed E-state index contributed by atoms with van der Waals surface area (Å²) in [6.45, 7) is 8.36. The van der Waals surface area contributed by atoms with Gasteiger partial charge in [0, 0.05) is 33.9 Å². The molecule has 0 saturated carbocycles. The quantitative estimate of drug-likeness (QED) is 0.886. The molecule has 102 valence electrons. The van der Waals surface area contributed by atoms with Gasteiger partial charge >= 0.3 is 0 Å². The van der Waals surface area contributed by atoms with Gasteiger partial charge in [0.05, 0.1) is 5.69 Å². The minimum Gasteiger partial charge on any atom is -0.312 e. The first-order chi connectivity index (χ1) is 9.11. The Morgan fingerprint density at radius 1 is 1.37 bits per heavy atom. The average Bonchev–Trinajstić information content (AvgIpc) is 2.80. The van der Waals surface area contributed by atoms with Crippen LogP contribution in [0, 0.1) is 0 Å². The fourth-order valence-corrected chi connectivity index (χ4v) is 3.36. The fraction of sp³-hybridized carbons (Fsp3) is 0.429. The number of thiazole rings is 1. The van der Waals surface area contributed by atoms with Gasteiger partial charge in [0.2, 0.25) is 0 Å². The van der Waals surface area contributed by atoms with Gasteiger partial charge in [-0.3, -0.25) is 4.98 Å². The number of rotatable bonds is 5. The maximum absolute atomic E-state index is 4.79. The summed E-state index contributed by atoms with van der Waals surface area (Å²) in [7, 11) is 0. The maximum Gasteiger partial charge on any atom is 0.125 e. The average molecular weight is 340 g/mol. The minimum absolute atomic E-state index is 0.443. The van der Waals surface area contributed by atoms with Crippen LogP contribution in [-0.4, -0.2) is 16.5 Å². The summed E-state index contributed by atoms with van der Waals surface area (Å²) >= 11 is 5.21. The van der Waals surface area contributed by atoms with Gasteiger partial charge in [-0.25, -0.2) is 4.98 Å². The number of hydrogen-bond acceptors (Lipinski definition) is 4. The third-order valence-corrected chi connectivity index (χ3v) is 4.32. The standard InChI is InChI=1S/C14H18BrN3S/c1-4-16-8-12-13(9(2)3)18-14(19-12)10-5-11(15)7-17-6-10/h5-7,9,16H,4,8H2,1-3H3. The van der Waals surface area contributed by atoms with Crippen LogP contribution in [0.25, 0.3) is 10.6 Å². The summed E-state index contributed by atoms with van der Waals surface area (Å²) in [5, 5.41) is 4.43. The van der Waals surface area contributed by atoms with Crippen LogP contribution in [-0.2, 0) is 6.54 Å². The molecule has 2 heterocycles. The van der Waals surface area contributed by atoms with Crippen molar-refractivity contribution in [3.05, 3.63) is 33.5 Å². The molecule has 2 aromatic heterocycles. The van der Waals surface area contributed by atoms with Crippen LogP contribution in [0.3, 0.4) is 0 Å².